The number of nitrogens with zero attached hydrogens (tertiary/aromatic N) is 2. The lowest BCUT2D eigenvalue weighted by Gasteiger charge is -2.43. The molecule has 1 fully saturated rings. The van der Waals surface area contributed by atoms with Gasteiger partial charge in [-0.3, -0.25) is 4.98 Å². The number of hydrogen-bond acceptors (Lipinski definition) is 3. The van der Waals surface area contributed by atoms with Crippen LogP contribution >= 0.6 is 15.9 Å². The van der Waals surface area contributed by atoms with E-state index in [0.717, 1.165) is 29.9 Å². The van der Waals surface area contributed by atoms with Crippen molar-refractivity contribution < 1.29 is 4.74 Å². The first kappa shape index (κ1) is 10.9. The zero-order valence-electron chi connectivity index (χ0n) is 9.03. The van der Waals surface area contributed by atoms with Crippen LogP contribution in [0.3, 0.4) is 0 Å². The van der Waals surface area contributed by atoms with Crippen LogP contribution in [0.1, 0.15) is 13.8 Å². The first-order chi connectivity index (χ1) is 7.09. The first-order valence-electron chi connectivity index (χ1n) is 5.05. The largest absolute Gasteiger partial charge is 0.377 e. The van der Waals surface area contributed by atoms with Crippen molar-refractivity contribution in [3.8, 4) is 0 Å². The fourth-order valence-electron chi connectivity index (χ4n) is 1.89. The molecule has 1 aromatic heterocycles. The van der Waals surface area contributed by atoms with Crippen LogP contribution in [0.5, 0.6) is 0 Å². The van der Waals surface area contributed by atoms with Crippen LogP contribution in [0.2, 0.25) is 0 Å². The van der Waals surface area contributed by atoms with Gasteiger partial charge in [-0.2, -0.15) is 0 Å². The van der Waals surface area contributed by atoms with Crippen LogP contribution in [0.25, 0.3) is 0 Å². The van der Waals surface area contributed by atoms with Gasteiger partial charge in [-0.25, -0.2) is 0 Å². The standard InChI is InChI=1S/C11H15BrN2O/c1-11(2)8-15-4-3-14(11)10-5-9(12)6-13-7-10/h5-7H,3-4,8H2,1-2H3. The molecule has 0 atom stereocenters. The predicted octanol–water partition coefficient (Wildman–Crippen LogP) is 2.46. The molecule has 0 aromatic carbocycles. The minimum atomic E-state index is 0.0424. The molecule has 0 saturated carbocycles. The quantitative estimate of drug-likeness (QED) is 0.784. The van der Waals surface area contributed by atoms with Crippen molar-refractivity contribution in [3.05, 3.63) is 22.9 Å². The second-order valence-corrected chi connectivity index (χ2v) is 5.29. The fourth-order valence-corrected chi connectivity index (χ4v) is 2.24. The van der Waals surface area contributed by atoms with Gasteiger partial charge in [0, 0.05) is 17.2 Å². The highest BCUT2D eigenvalue weighted by Crippen LogP contribution is 2.27. The molecule has 0 amide bonds. The lowest BCUT2D eigenvalue weighted by Crippen LogP contribution is -2.53. The van der Waals surface area contributed by atoms with Crippen LogP contribution in [-0.2, 0) is 4.74 Å². The van der Waals surface area contributed by atoms with Gasteiger partial charge in [0.15, 0.2) is 0 Å². The van der Waals surface area contributed by atoms with Crippen molar-refractivity contribution in [1.29, 1.82) is 0 Å². The highest BCUT2D eigenvalue weighted by molar-refractivity contribution is 9.10. The third kappa shape index (κ3) is 2.32. The molecule has 82 valence electrons. The molecule has 1 aliphatic rings. The van der Waals surface area contributed by atoms with Gasteiger partial charge >= 0.3 is 0 Å². The van der Waals surface area contributed by atoms with E-state index in [1.54, 1.807) is 6.20 Å². The Morgan fingerprint density at radius 3 is 2.93 bits per heavy atom. The maximum Gasteiger partial charge on any atom is 0.0694 e. The maximum atomic E-state index is 5.49. The van der Waals surface area contributed by atoms with Crippen molar-refractivity contribution in [3.63, 3.8) is 0 Å². The van der Waals surface area contributed by atoms with Gasteiger partial charge in [-0.1, -0.05) is 0 Å². The normalized spacial score (nSPS) is 20.3. The van der Waals surface area contributed by atoms with E-state index >= 15 is 0 Å². The lowest BCUT2D eigenvalue weighted by molar-refractivity contribution is 0.0643. The molecule has 2 heterocycles. The Morgan fingerprint density at radius 1 is 1.47 bits per heavy atom. The molecule has 3 nitrogen and oxygen atoms in total. The van der Waals surface area contributed by atoms with Crippen molar-refractivity contribution in [2.45, 2.75) is 19.4 Å². The van der Waals surface area contributed by atoms with Gasteiger partial charge in [0.25, 0.3) is 0 Å². The molecule has 4 heteroatoms. The molecule has 1 aliphatic heterocycles. The summed E-state index contributed by atoms with van der Waals surface area (Å²) in [5.74, 6) is 0. The summed E-state index contributed by atoms with van der Waals surface area (Å²) < 4.78 is 6.51. The number of aromatic nitrogens is 1. The van der Waals surface area contributed by atoms with Crippen LogP contribution in [0.15, 0.2) is 22.9 Å². The van der Waals surface area contributed by atoms with Gasteiger partial charge in [0.2, 0.25) is 0 Å². The Bertz CT molecular complexity index is 354. The van der Waals surface area contributed by atoms with E-state index in [0.29, 0.717) is 0 Å². The molecule has 1 aromatic rings. The number of anilines is 1. The monoisotopic (exact) mass is 270 g/mol. The van der Waals surface area contributed by atoms with Crippen molar-refractivity contribution >= 4 is 21.6 Å². The topological polar surface area (TPSA) is 25.4 Å². The molecule has 1 saturated heterocycles. The minimum absolute atomic E-state index is 0.0424. The molecular weight excluding hydrogens is 256 g/mol. The molecule has 0 radical (unpaired) electrons. The number of pyridine rings is 1. The first-order valence-corrected chi connectivity index (χ1v) is 5.85. The molecular formula is C11H15BrN2O. The highest BCUT2D eigenvalue weighted by Gasteiger charge is 2.30. The summed E-state index contributed by atoms with van der Waals surface area (Å²) >= 11 is 3.45. The average Bonchev–Trinajstić information content (AvgIpc) is 2.17. The predicted molar refractivity (Wildman–Crippen MR) is 64.2 cm³/mol. The number of hydrogen-bond donors (Lipinski definition) is 0. The Kier molecular flexibility index (Phi) is 2.98. The minimum Gasteiger partial charge on any atom is -0.377 e. The summed E-state index contributed by atoms with van der Waals surface area (Å²) in [5, 5.41) is 0. The fraction of sp³-hybridized carbons (Fsp3) is 0.545. The van der Waals surface area contributed by atoms with Crippen LogP contribution < -0.4 is 4.90 Å². The average molecular weight is 271 g/mol. The zero-order chi connectivity index (χ0) is 10.9. The van der Waals surface area contributed by atoms with Crippen molar-refractivity contribution in [1.82, 2.24) is 4.98 Å². The second kappa shape index (κ2) is 4.10. The van der Waals surface area contributed by atoms with E-state index in [4.69, 9.17) is 4.74 Å². The summed E-state index contributed by atoms with van der Waals surface area (Å²) in [6.45, 7) is 6.85. The Labute approximate surface area is 98.6 Å². The van der Waals surface area contributed by atoms with Crippen molar-refractivity contribution in [2.24, 2.45) is 0 Å². The summed E-state index contributed by atoms with van der Waals surface area (Å²) in [6.07, 6.45) is 3.70. The third-order valence-corrected chi connectivity index (χ3v) is 3.08. The summed E-state index contributed by atoms with van der Waals surface area (Å²) in [6, 6.07) is 2.10. The van der Waals surface area contributed by atoms with E-state index in [2.05, 4.69) is 45.7 Å². The smallest absolute Gasteiger partial charge is 0.0694 e. The molecule has 0 spiro atoms. The SMILES string of the molecule is CC1(C)COCCN1c1cncc(Br)c1. The van der Waals surface area contributed by atoms with E-state index in [9.17, 15) is 0 Å². The maximum absolute atomic E-state index is 5.49. The van der Waals surface area contributed by atoms with Gasteiger partial charge in [0.05, 0.1) is 30.6 Å². The zero-order valence-corrected chi connectivity index (χ0v) is 10.6. The van der Waals surface area contributed by atoms with Crippen LogP contribution in [0.4, 0.5) is 5.69 Å². The number of ether oxygens (including phenoxy) is 1. The highest BCUT2D eigenvalue weighted by atomic mass is 79.9. The van der Waals surface area contributed by atoms with Gasteiger partial charge < -0.3 is 9.64 Å². The van der Waals surface area contributed by atoms with Gasteiger partial charge in [-0.15, -0.1) is 0 Å². The molecule has 0 N–H and O–H groups in total. The second-order valence-electron chi connectivity index (χ2n) is 4.38. The van der Waals surface area contributed by atoms with E-state index in [-0.39, 0.29) is 5.54 Å². The lowest BCUT2D eigenvalue weighted by atomic mass is 10.0. The third-order valence-electron chi connectivity index (χ3n) is 2.65. The molecule has 2 rings (SSSR count). The molecule has 0 unspecified atom stereocenters. The van der Waals surface area contributed by atoms with Gasteiger partial charge in [0.1, 0.15) is 0 Å². The molecule has 0 aliphatic carbocycles. The number of halogens is 1. The number of morpholine rings is 1. The summed E-state index contributed by atoms with van der Waals surface area (Å²) in [5.41, 5.74) is 1.19. The Hall–Kier alpha value is -0.610. The van der Waals surface area contributed by atoms with Crippen LogP contribution in [-0.4, -0.2) is 30.3 Å². The van der Waals surface area contributed by atoms with Gasteiger partial charge in [-0.05, 0) is 35.8 Å². The van der Waals surface area contributed by atoms with Crippen molar-refractivity contribution in [2.75, 3.05) is 24.7 Å². The molecule has 0 bridgehead atoms. The van der Waals surface area contributed by atoms with E-state index in [1.165, 1.54) is 0 Å². The van der Waals surface area contributed by atoms with Crippen LogP contribution in [0, 0.1) is 0 Å². The van der Waals surface area contributed by atoms with E-state index in [1.807, 2.05) is 6.20 Å². The Morgan fingerprint density at radius 2 is 2.27 bits per heavy atom. The number of rotatable bonds is 1. The summed E-state index contributed by atoms with van der Waals surface area (Å²) in [7, 11) is 0. The molecule has 15 heavy (non-hydrogen) atoms. The Balaban J connectivity index is 2.29. The summed E-state index contributed by atoms with van der Waals surface area (Å²) in [4.78, 5) is 6.54. The van der Waals surface area contributed by atoms with E-state index < -0.39 is 0 Å².